The molecule has 0 aromatic heterocycles. The van der Waals surface area contributed by atoms with Crippen LogP contribution in [0, 0.1) is 0 Å². The van der Waals surface area contributed by atoms with Gasteiger partial charge in [0.05, 0.1) is 36.0 Å². The fourth-order valence-corrected chi connectivity index (χ4v) is 7.71. The van der Waals surface area contributed by atoms with Crippen LogP contribution in [0.2, 0.25) is 10.0 Å². The predicted octanol–water partition coefficient (Wildman–Crippen LogP) is 6.26. The number of benzene rings is 3. The number of carboxylic acid groups (broad SMARTS) is 1. The maximum Gasteiger partial charge on any atom is 0.306 e. The van der Waals surface area contributed by atoms with E-state index >= 15 is 0 Å². The zero-order valence-electron chi connectivity index (χ0n) is 23.0. The van der Waals surface area contributed by atoms with E-state index in [1.807, 2.05) is 19.1 Å². The first-order valence-corrected chi connectivity index (χ1v) is 16.1. The average molecular weight is 632 g/mol. The summed E-state index contributed by atoms with van der Waals surface area (Å²) < 4.78 is 35.1. The highest BCUT2D eigenvalue weighted by molar-refractivity contribution is 7.93. The van der Waals surface area contributed by atoms with Gasteiger partial charge < -0.3 is 14.7 Å². The summed E-state index contributed by atoms with van der Waals surface area (Å²) in [5.74, 6) is -1.70. The number of para-hydroxylation sites is 1. The van der Waals surface area contributed by atoms with Crippen LogP contribution in [0.25, 0.3) is 0 Å². The smallest absolute Gasteiger partial charge is 0.306 e. The summed E-state index contributed by atoms with van der Waals surface area (Å²) in [4.78, 5) is 27.7. The number of ether oxygens (including phenoxy) is 1. The lowest BCUT2D eigenvalue weighted by Gasteiger charge is -2.48. The molecule has 1 unspecified atom stereocenters. The van der Waals surface area contributed by atoms with Gasteiger partial charge in [-0.05, 0) is 66.8 Å². The van der Waals surface area contributed by atoms with E-state index in [2.05, 4.69) is 0 Å². The van der Waals surface area contributed by atoms with Crippen molar-refractivity contribution in [2.75, 3.05) is 10.8 Å². The quantitative estimate of drug-likeness (QED) is 0.268. The van der Waals surface area contributed by atoms with Gasteiger partial charge in [-0.2, -0.15) is 0 Å². The van der Waals surface area contributed by atoms with E-state index in [-0.39, 0.29) is 6.54 Å². The van der Waals surface area contributed by atoms with Gasteiger partial charge in [0.25, 0.3) is 5.91 Å². The molecule has 0 spiro atoms. The molecule has 1 aliphatic heterocycles. The van der Waals surface area contributed by atoms with Crippen molar-refractivity contribution in [1.82, 2.24) is 4.90 Å². The Morgan fingerprint density at radius 2 is 1.69 bits per heavy atom. The Balaban J connectivity index is 1.64. The van der Waals surface area contributed by atoms with Crippen molar-refractivity contribution >= 4 is 50.8 Å². The van der Waals surface area contributed by atoms with Crippen LogP contribution >= 0.6 is 23.2 Å². The summed E-state index contributed by atoms with van der Waals surface area (Å²) in [6, 6.07) is 21.6. The Morgan fingerprint density at radius 3 is 2.29 bits per heavy atom. The van der Waals surface area contributed by atoms with E-state index < -0.39 is 57.9 Å². The molecule has 42 heavy (non-hydrogen) atoms. The number of sulfonamides is 1. The average Bonchev–Trinajstić information content (AvgIpc) is 3.82. The normalized spacial score (nSPS) is 21.6. The van der Waals surface area contributed by atoms with Crippen molar-refractivity contribution in [3.63, 3.8) is 0 Å². The van der Waals surface area contributed by atoms with Crippen molar-refractivity contribution in [1.29, 1.82) is 0 Å². The monoisotopic (exact) mass is 630 g/mol. The van der Waals surface area contributed by atoms with Crippen molar-refractivity contribution < 1.29 is 27.9 Å². The first-order valence-electron chi connectivity index (χ1n) is 13.9. The van der Waals surface area contributed by atoms with Crippen LogP contribution in [0.3, 0.4) is 0 Å². The molecule has 1 heterocycles. The predicted molar refractivity (Wildman–Crippen MR) is 162 cm³/mol. The lowest BCUT2D eigenvalue weighted by molar-refractivity contribution is -0.183. The van der Waals surface area contributed by atoms with Gasteiger partial charge in [-0.25, -0.2) is 8.42 Å². The molecule has 5 rings (SSSR count). The van der Waals surface area contributed by atoms with Crippen LogP contribution in [0.1, 0.15) is 55.9 Å². The number of hydrogen-bond acceptors (Lipinski definition) is 5. The molecule has 3 aromatic carbocycles. The molecular formula is C31H32Cl2N2O6S. The fourth-order valence-electron chi connectivity index (χ4n) is 5.50. The van der Waals surface area contributed by atoms with Crippen LogP contribution in [0.15, 0.2) is 78.9 Å². The van der Waals surface area contributed by atoms with Crippen molar-refractivity contribution in [3.8, 4) is 0 Å². The van der Waals surface area contributed by atoms with Gasteiger partial charge in [0.1, 0.15) is 12.2 Å². The molecule has 1 aliphatic carbocycles. The van der Waals surface area contributed by atoms with Gasteiger partial charge in [-0.3, -0.25) is 13.9 Å². The molecule has 1 amide bonds. The van der Waals surface area contributed by atoms with E-state index in [0.29, 0.717) is 46.1 Å². The van der Waals surface area contributed by atoms with Crippen LogP contribution < -0.4 is 4.31 Å². The van der Waals surface area contributed by atoms with Crippen molar-refractivity contribution in [2.24, 2.45) is 0 Å². The number of carboxylic acids is 1. The first-order chi connectivity index (χ1) is 20.1. The summed E-state index contributed by atoms with van der Waals surface area (Å²) in [6.45, 7) is 1.89. The maximum absolute atomic E-state index is 14.2. The van der Waals surface area contributed by atoms with Gasteiger partial charge in [0.2, 0.25) is 10.0 Å². The minimum Gasteiger partial charge on any atom is -0.481 e. The lowest BCUT2D eigenvalue weighted by atomic mass is 9.89. The molecule has 3 aromatic rings. The van der Waals surface area contributed by atoms with Crippen molar-refractivity contribution in [2.45, 2.75) is 62.1 Å². The highest BCUT2D eigenvalue weighted by Crippen LogP contribution is 2.45. The molecule has 2 fully saturated rings. The van der Waals surface area contributed by atoms with Gasteiger partial charge >= 0.3 is 5.97 Å². The number of aliphatic carboxylic acids is 1. The number of carbonyl (C=O) groups is 2. The number of anilines is 1. The number of carbonyl (C=O) groups excluding carboxylic acids is 1. The molecule has 0 bridgehead atoms. The minimum absolute atomic E-state index is 0.00274. The molecule has 8 nitrogen and oxygen atoms in total. The van der Waals surface area contributed by atoms with Gasteiger partial charge in [-0.1, -0.05) is 72.6 Å². The first kappa shape index (κ1) is 30.4. The number of morpholine rings is 1. The minimum atomic E-state index is -3.70. The summed E-state index contributed by atoms with van der Waals surface area (Å²) in [6.07, 6.45) is -1.03. The maximum atomic E-state index is 14.2. The van der Waals surface area contributed by atoms with Gasteiger partial charge in [0, 0.05) is 10.0 Å². The Hall–Kier alpha value is -3.11. The molecule has 1 saturated heterocycles. The fraction of sp³-hybridized carbons (Fsp3) is 0.355. The van der Waals surface area contributed by atoms with E-state index in [0.717, 1.165) is 0 Å². The summed E-state index contributed by atoms with van der Waals surface area (Å²) in [5, 5.41) is 10.2. The van der Waals surface area contributed by atoms with E-state index in [4.69, 9.17) is 27.9 Å². The second-order valence-corrected chi connectivity index (χ2v) is 13.6. The zero-order chi connectivity index (χ0) is 30.0. The van der Waals surface area contributed by atoms with E-state index in [1.165, 1.54) is 4.31 Å². The third-order valence-corrected chi connectivity index (χ3v) is 10.5. The number of hydrogen-bond donors (Lipinski definition) is 1. The highest BCUT2D eigenvalue weighted by Gasteiger charge is 2.49. The van der Waals surface area contributed by atoms with Crippen LogP contribution in [-0.2, 0) is 24.3 Å². The molecule has 0 radical (unpaired) electrons. The Morgan fingerprint density at radius 1 is 1.00 bits per heavy atom. The molecule has 222 valence electrons. The van der Waals surface area contributed by atoms with Crippen LogP contribution in [0.5, 0.6) is 0 Å². The molecule has 1 saturated carbocycles. The summed E-state index contributed by atoms with van der Waals surface area (Å²) in [5.41, 5.74) is 1.89. The third-order valence-electron chi connectivity index (χ3n) is 7.71. The largest absolute Gasteiger partial charge is 0.481 e. The molecule has 11 heteroatoms. The van der Waals surface area contributed by atoms with Gasteiger partial charge in [-0.15, -0.1) is 0 Å². The number of halogens is 2. The summed E-state index contributed by atoms with van der Waals surface area (Å²) in [7, 11) is -3.70. The summed E-state index contributed by atoms with van der Waals surface area (Å²) >= 11 is 12.6. The second kappa shape index (κ2) is 12.6. The number of rotatable bonds is 11. The number of nitrogens with zero attached hydrogens (tertiary/aromatic N) is 2. The SMILES string of the molecule is CCC(CN(c1ccccc1)S(=O)(=O)C1CC1)N1C(=O)[C@@H](CC(=O)O)O[C@H](c2cccc(Cl)c2)[C@H]1c1ccc(Cl)cc1. The van der Waals surface area contributed by atoms with Gasteiger partial charge in [0.15, 0.2) is 0 Å². The molecular weight excluding hydrogens is 599 g/mol. The van der Waals surface area contributed by atoms with E-state index in [1.54, 1.807) is 71.6 Å². The highest BCUT2D eigenvalue weighted by atomic mass is 35.5. The van der Waals surface area contributed by atoms with E-state index in [9.17, 15) is 23.1 Å². The topological polar surface area (TPSA) is 104 Å². The second-order valence-electron chi connectivity index (χ2n) is 10.6. The van der Waals surface area contributed by atoms with Crippen LogP contribution in [0.4, 0.5) is 5.69 Å². The Labute approximate surface area is 255 Å². The zero-order valence-corrected chi connectivity index (χ0v) is 25.3. The lowest BCUT2D eigenvalue weighted by Crippen LogP contribution is -2.58. The standard InChI is InChI=1S/C31H32Cl2N2O6S/c1-2-24(19-34(25-9-4-3-5-10-25)42(39,40)26-15-16-26)35-29(20-11-13-22(32)14-12-20)30(21-7-6-8-23(33)17-21)41-27(31(35)38)18-28(36)37/h3-14,17,24,26-27,29-30H,2,15-16,18-19H2,1H3,(H,36,37)/t24?,27-,29-,30-/m1/s1. The Bertz CT molecular complexity index is 1530. The number of amides is 1. The third kappa shape index (κ3) is 6.44. The molecule has 1 N–H and O–H groups in total. The van der Waals surface area contributed by atoms with Crippen LogP contribution in [-0.4, -0.2) is 54.2 Å². The molecule has 4 atom stereocenters. The Kier molecular flexibility index (Phi) is 9.13. The molecule has 2 aliphatic rings. The van der Waals surface area contributed by atoms with Crippen molar-refractivity contribution in [3.05, 3.63) is 100 Å².